The highest BCUT2D eigenvalue weighted by Gasteiger charge is 2.16. The van der Waals surface area contributed by atoms with Gasteiger partial charge in [0.15, 0.2) is 6.10 Å². The van der Waals surface area contributed by atoms with Gasteiger partial charge in [0, 0.05) is 11.1 Å². The van der Waals surface area contributed by atoms with Crippen LogP contribution in [0.15, 0.2) is 24.3 Å². The Morgan fingerprint density at radius 2 is 2.28 bits per heavy atom. The quantitative estimate of drug-likeness (QED) is 0.891. The normalized spacial score (nSPS) is 13.2. The van der Waals surface area contributed by atoms with Crippen molar-refractivity contribution in [3.8, 4) is 11.8 Å². The van der Waals surface area contributed by atoms with Gasteiger partial charge in [0.1, 0.15) is 5.75 Å². The monoisotopic (exact) mass is 266 g/mol. The third kappa shape index (κ3) is 4.64. The Morgan fingerprint density at radius 1 is 1.56 bits per heavy atom. The van der Waals surface area contributed by atoms with Crippen molar-refractivity contribution in [2.75, 3.05) is 0 Å². The number of hydrogen-bond donors (Lipinski definition) is 1. The van der Waals surface area contributed by atoms with Gasteiger partial charge in [0.25, 0.3) is 5.91 Å². The molecule has 0 heterocycles. The number of nitriles is 1. The van der Waals surface area contributed by atoms with Gasteiger partial charge in [-0.1, -0.05) is 17.7 Å². The van der Waals surface area contributed by atoms with Gasteiger partial charge in [0.05, 0.1) is 12.5 Å². The van der Waals surface area contributed by atoms with Gasteiger partial charge in [-0.2, -0.15) is 5.26 Å². The minimum absolute atomic E-state index is 0.187. The molecule has 1 aromatic carbocycles. The molecule has 0 saturated heterocycles. The zero-order valence-corrected chi connectivity index (χ0v) is 11.1. The molecular weight excluding hydrogens is 252 g/mol. The highest BCUT2D eigenvalue weighted by molar-refractivity contribution is 6.30. The summed E-state index contributed by atoms with van der Waals surface area (Å²) in [6.45, 7) is 3.42. The number of hydrogen-bond acceptors (Lipinski definition) is 3. The Kier molecular flexibility index (Phi) is 5.47. The fourth-order valence-corrected chi connectivity index (χ4v) is 1.53. The Labute approximate surface area is 112 Å². The van der Waals surface area contributed by atoms with Crippen molar-refractivity contribution in [2.24, 2.45) is 0 Å². The lowest BCUT2D eigenvalue weighted by molar-refractivity contribution is -0.127. The van der Waals surface area contributed by atoms with Crippen LogP contribution in [0.1, 0.15) is 20.3 Å². The van der Waals surface area contributed by atoms with E-state index in [4.69, 9.17) is 21.6 Å². The Balaban J connectivity index is 2.52. The van der Waals surface area contributed by atoms with Crippen molar-refractivity contribution < 1.29 is 9.53 Å². The number of ether oxygens (including phenoxy) is 1. The van der Waals surface area contributed by atoms with Gasteiger partial charge in [-0.3, -0.25) is 4.79 Å². The molecule has 1 rings (SSSR count). The zero-order valence-electron chi connectivity index (χ0n) is 10.3. The van der Waals surface area contributed by atoms with Crippen LogP contribution in [0.3, 0.4) is 0 Å². The van der Waals surface area contributed by atoms with Crippen LogP contribution in [0.25, 0.3) is 0 Å². The summed E-state index contributed by atoms with van der Waals surface area (Å²) in [5.41, 5.74) is 0. The van der Waals surface area contributed by atoms with E-state index in [0.29, 0.717) is 10.8 Å². The standard InChI is InChI=1S/C13H15ClN2O2/c1-9(6-7-15)16-13(17)10(2)18-12-5-3-4-11(14)8-12/h3-5,8-10H,6H2,1-2H3,(H,16,17). The first-order valence-corrected chi connectivity index (χ1v) is 6.00. The number of amides is 1. The van der Waals surface area contributed by atoms with E-state index >= 15 is 0 Å². The SMILES string of the molecule is CC(CC#N)NC(=O)C(C)Oc1cccc(Cl)c1. The summed E-state index contributed by atoms with van der Waals surface area (Å²) in [5, 5.41) is 11.8. The van der Waals surface area contributed by atoms with Crippen LogP contribution in [0, 0.1) is 11.3 Å². The second-order valence-electron chi connectivity index (χ2n) is 3.99. The van der Waals surface area contributed by atoms with Gasteiger partial charge in [-0.25, -0.2) is 0 Å². The highest BCUT2D eigenvalue weighted by atomic mass is 35.5. The molecule has 1 N–H and O–H groups in total. The maximum absolute atomic E-state index is 11.7. The molecule has 0 spiro atoms. The van der Waals surface area contributed by atoms with E-state index in [2.05, 4.69) is 5.32 Å². The number of nitrogens with zero attached hydrogens (tertiary/aromatic N) is 1. The van der Waals surface area contributed by atoms with Crippen molar-refractivity contribution in [1.29, 1.82) is 5.26 Å². The average molecular weight is 267 g/mol. The van der Waals surface area contributed by atoms with Crippen LogP contribution in [-0.2, 0) is 4.79 Å². The van der Waals surface area contributed by atoms with Gasteiger partial charge in [-0.15, -0.1) is 0 Å². The Morgan fingerprint density at radius 3 is 2.89 bits per heavy atom. The average Bonchev–Trinajstić information content (AvgIpc) is 2.29. The van der Waals surface area contributed by atoms with Crippen molar-refractivity contribution in [3.05, 3.63) is 29.3 Å². The minimum Gasteiger partial charge on any atom is -0.481 e. The first-order valence-electron chi connectivity index (χ1n) is 5.62. The molecule has 1 amide bonds. The summed E-state index contributed by atoms with van der Waals surface area (Å²) in [6.07, 6.45) is -0.361. The molecule has 0 aliphatic heterocycles. The predicted molar refractivity (Wildman–Crippen MR) is 69.4 cm³/mol. The van der Waals surface area contributed by atoms with Crippen molar-refractivity contribution in [3.63, 3.8) is 0 Å². The molecule has 4 nitrogen and oxygen atoms in total. The van der Waals surface area contributed by atoms with Crippen LogP contribution in [0.4, 0.5) is 0 Å². The summed E-state index contributed by atoms with van der Waals surface area (Å²) in [5.74, 6) is 0.288. The largest absolute Gasteiger partial charge is 0.481 e. The molecule has 0 fully saturated rings. The molecule has 2 unspecified atom stereocenters. The summed E-state index contributed by atoms with van der Waals surface area (Å²) in [6, 6.07) is 8.66. The molecule has 0 radical (unpaired) electrons. The number of rotatable bonds is 5. The first kappa shape index (κ1) is 14.3. The maximum Gasteiger partial charge on any atom is 0.261 e. The molecule has 0 aliphatic rings. The van der Waals surface area contributed by atoms with Crippen molar-refractivity contribution in [2.45, 2.75) is 32.4 Å². The van der Waals surface area contributed by atoms with Crippen LogP contribution < -0.4 is 10.1 Å². The van der Waals surface area contributed by atoms with E-state index in [1.807, 2.05) is 6.07 Å². The van der Waals surface area contributed by atoms with E-state index < -0.39 is 6.10 Å². The van der Waals surface area contributed by atoms with Gasteiger partial charge in [0.2, 0.25) is 0 Å². The molecule has 1 aromatic rings. The maximum atomic E-state index is 11.7. The lowest BCUT2D eigenvalue weighted by Gasteiger charge is -2.17. The van der Waals surface area contributed by atoms with Crippen LogP contribution in [-0.4, -0.2) is 18.1 Å². The van der Waals surface area contributed by atoms with E-state index in [1.165, 1.54) is 0 Å². The number of benzene rings is 1. The Hall–Kier alpha value is -1.73. The molecule has 5 heteroatoms. The van der Waals surface area contributed by atoms with Crippen LogP contribution in [0.5, 0.6) is 5.75 Å². The van der Waals surface area contributed by atoms with Gasteiger partial charge < -0.3 is 10.1 Å². The topological polar surface area (TPSA) is 62.1 Å². The third-order valence-corrected chi connectivity index (χ3v) is 2.50. The zero-order chi connectivity index (χ0) is 13.5. The number of carbonyl (C=O) groups excluding carboxylic acids is 1. The summed E-state index contributed by atoms with van der Waals surface area (Å²) in [4.78, 5) is 11.7. The molecule has 0 saturated carbocycles. The van der Waals surface area contributed by atoms with Gasteiger partial charge >= 0.3 is 0 Å². The molecular formula is C13H15ClN2O2. The number of halogens is 1. The first-order chi connectivity index (χ1) is 8.52. The molecule has 0 bridgehead atoms. The number of carbonyl (C=O) groups is 1. The Bertz CT molecular complexity index is 457. The highest BCUT2D eigenvalue weighted by Crippen LogP contribution is 2.18. The van der Waals surface area contributed by atoms with Crippen molar-refractivity contribution >= 4 is 17.5 Å². The minimum atomic E-state index is -0.635. The molecule has 0 aliphatic carbocycles. The van der Waals surface area contributed by atoms with E-state index in [-0.39, 0.29) is 18.4 Å². The molecule has 96 valence electrons. The second kappa shape index (κ2) is 6.87. The summed E-state index contributed by atoms with van der Waals surface area (Å²) in [7, 11) is 0. The van der Waals surface area contributed by atoms with E-state index in [0.717, 1.165) is 0 Å². The lowest BCUT2D eigenvalue weighted by Crippen LogP contribution is -2.41. The lowest BCUT2D eigenvalue weighted by atomic mass is 10.2. The van der Waals surface area contributed by atoms with Crippen molar-refractivity contribution in [1.82, 2.24) is 5.32 Å². The fraction of sp³-hybridized carbons (Fsp3) is 0.385. The predicted octanol–water partition coefficient (Wildman–Crippen LogP) is 2.53. The van der Waals surface area contributed by atoms with E-state index in [9.17, 15) is 4.79 Å². The summed E-state index contributed by atoms with van der Waals surface area (Å²) >= 11 is 5.82. The van der Waals surface area contributed by atoms with E-state index in [1.54, 1.807) is 38.1 Å². The molecule has 18 heavy (non-hydrogen) atoms. The number of nitrogens with one attached hydrogen (secondary N) is 1. The smallest absolute Gasteiger partial charge is 0.261 e. The van der Waals surface area contributed by atoms with Crippen LogP contribution >= 0.6 is 11.6 Å². The molecule has 0 aromatic heterocycles. The van der Waals surface area contributed by atoms with Crippen LogP contribution in [0.2, 0.25) is 5.02 Å². The van der Waals surface area contributed by atoms with Gasteiger partial charge in [-0.05, 0) is 32.0 Å². The fourth-order valence-electron chi connectivity index (χ4n) is 1.35. The second-order valence-corrected chi connectivity index (χ2v) is 4.43. The third-order valence-electron chi connectivity index (χ3n) is 2.26. The molecule has 2 atom stereocenters. The summed E-state index contributed by atoms with van der Waals surface area (Å²) < 4.78 is 5.46.